The lowest BCUT2D eigenvalue weighted by Gasteiger charge is -2.08. The molecule has 108 valence electrons. The number of anilines is 1. The number of hydrogen-bond acceptors (Lipinski definition) is 5. The highest BCUT2D eigenvalue weighted by Crippen LogP contribution is 2.25. The number of hydrogen-bond donors (Lipinski definition) is 1. The summed E-state index contributed by atoms with van der Waals surface area (Å²) in [6.07, 6.45) is 0. The van der Waals surface area contributed by atoms with Crippen molar-refractivity contribution in [3.63, 3.8) is 0 Å². The minimum Gasteiger partial charge on any atom is -0.280 e. The second kappa shape index (κ2) is 4.97. The van der Waals surface area contributed by atoms with Crippen LogP contribution in [-0.2, 0) is 10.0 Å². The molecule has 1 heterocycles. The van der Waals surface area contributed by atoms with Crippen LogP contribution in [0.3, 0.4) is 0 Å². The molecule has 9 heteroatoms. The van der Waals surface area contributed by atoms with Crippen molar-refractivity contribution in [3.8, 4) is 0 Å². The Kier molecular flexibility index (Phi) is 3.26. The Hall–Kier alpha value is -2.19. The van der Waals surface area contributed by atoms with Crippen LogP contribution in [0.1, 0.15) is 0 Å². The predicted molar refractivity (Wildman–Crippen MR) is 74.0 cm³/mol. The Bertz CT molecular complexity index is 926. The molecule has 1 aromatic heterocycles. The van der Waals surface area contributed by atoms with Crippen LogP contribution in [0.2, 0.25) is 5.02 Å². The highest BCUT2D eigenvalue weighted by molar-refractivity contribution is 7.93. The van der Waals surface area contributed by atoms with Gasteiger partial charge in [-0.1, -0.05) is 17.7 Å². The third-order valence-electron chi connectivity index (χ3n) is 2.71. The Morgan fingerprint density at radius 2 is 2.00 bits per heavy atom. The van der Waals surface area contributed by atoms with Crippen LogP contribution in [0.15, 0.2) is 45.9 Å². The molecule has 0 bridgehead atoms. The second-order valence-corrected chi connectivity index (χ2v) is 6.18. The number of nitrogens with one attached hydrogen (secondary N) is 1. The summed E-state index contributed by atoms with van der Waals surface area (Å²) in [5.74, 6) is -0.637. The summed E-state index contributed by atoms with van der Waals surface area (Å²) in [5.41, 5.74) is 0.558. The van der Waals surface area contributed by atoms with Crippen molar-refractivity contribution < 1.29 is 17.4 Å². The Balaban J connectivity index is 2.04. The molecule has 0 fully saturated rings. The van der Waals surface area contributed by atoms with E-state index in [4.69, 9.17) is 11.6 Å². The summed E-state index contributed by atoms with van der Waals surface area (Å²) in [6, 6.07) is 7.95. The third kappa shape index (κ3) is 2.55. The average molecular weight is 328 g/mol. The summed E-state index contributed by atoms with van der Waals surface area (Å²) in [7, 11) is -3.93. The lowest BCUT2D eigenvalue weighted by Crippen LogP contribution is -2.13. The molecule has 1 N–H and O–H groups in total. The number of benzene rings is 2. The van der Waals surface area contributed by atoms with Crippen molar-refractivity contribution in [3.05, 3.63) is 47.2 Å². The Labute approximate surface area is 123 Å². The maximum absolute atomic E-state index is 13.1. The fraction of sp³-hybridized carbons (Fsp3) is 0. The van der Waals surface area contributed by atoms with Gasteiger partial charge in [0.1, 0.15) is 16.2 Å². The van der Waals surface area contributed by atoms with E-state index in [9.17, 15) is 12.8 Å². The molecule has 2 aromatic carbocycles. The number of sulfonamides is 1. The van der Waals surface area contributed by atoms with Crippen molar-refractivity contribution >= 4 is 38.3 Å². The first kappa shape index (κ1) is 13.8. The molecule has 0 aliphatic rings. The van der Waals surface area contributed by atoms with E-state index in [0.717, 1.165) is 6.07 Å². The molecule has 3 aromatic rings. The number of nitrogens with zero attached hydrogens (tertiary/aromatic N) is 2. The van der Waals surface area contributed by atoms with E-state index in [1.54, 1.807) is 6.07 Å². The first-order valence-corrected chi connectivity index (χ1v) is 7.53. The summed E-state index contributed by atoms with van der Waals surface area (Å²) in [4.78, 5) is -0.0957. The van der Waals surface area contributed by atoms with Gasteiger partial charge in [0.05, 0.1) is 10.7 Å². The molecule has 6 nitrogen and oxygen atoms in total. The van der Waals surface area contributed by atoms with Crippen LogP contribution >= 0.6 is 11.6 Å². The molecule has 0 saturated carbocycles. The van der Waals surface area contributed by atoms with Crippen molar-refractivity contribution in [2.45, 2.75) is 4.90 Å². The van der Waals surface area contributed by atoms with Gasteiger partial charge in [-0.2, -0.15) is 0 Å². The molecule has 0 spiro atoms. The number of fused-ring (bicyclic) bond motifs is 1. The molecular weight excluding hydrogens is 321 g/mol. The van der Waals surface area contributed by atoms with Gasteiger partial charge in [0.2, 0.25) is 0 Å². The largest absolute Gasteiger partial charge is 0.280 e. The zero-order valence-corrected chi connectivity index (χ0v) is 11.8. The van der Waals surface area contributed by atoms with E-state index in [2.05, 4.69) is 19.7 Å². The van der Waals surface area contributed by atoms with Crippen LogP contribution in [0, 0.1) is 5.82 Å². The molecule has 0 aliphatic heterocycles. The molecule has 0 atom stereocenters. The van der Waals surface area contributed by atoms with Gasteiger partial charge in [-0.15, -0.1) is 0 Å². The smallest absolute Gasteiger partial charge is 0.264 e. The molecule has 3 rings (SSSR count). The highest BCUT2D eigenvalue weighted by atomic mass is 35.5. The Morgan fingerprint density at radius 1 is 1.19 bits per heavy atom. The zero-order chi connectivity index (χ0) is 15.0. The molecular formula is C12H7ClFN3O3S. The summed E-state index contributed by atoms with van der Waals surface area (Å²) < 4.78 is 44.6. The predicted octanol–water partition coefficient (Wildman–Crippen LogP) is 2.82. The minimum absolute atomic E-state index is 0.0957. The van der Waals surface area contributed by atoms with Crippen LogP contribution in [0.25, 0.3) is 11.0 Å². The lowest BCUT2D eigenvalue weighted by molar-refractivity contribution is 0.315. The first-order valence-electron chi connectivity index (χ1n) is 5.66. The second-order valence-electron chi connectivity index (χ2n) is 4.12. The SMILES string of the molecule is O=S(=O)(Nc1ccc(F)c(Cl)c1)c1cccc2nonc12. The number of aromatic nitrogens is 2. The zero-order valence-electron chi connectivity index (χ0n) is 10.2. The molecule has 0 radical (unpaired) electrons. The van der Waals surface area contributed by atoms with Gasteiger partial charge >= 0.3 is 0 Å². The van der Waals surface area contributed by atoms with Gasteiger partial charge in [-0.05, 0) is 40.6 Å². The summed E-state index contributed by atoms with van der Waals surface area (Å²) >= 11 is 5.62. The fourth-order valence-corrected chi connectivity index (χ4v) is 3.15. The van der Waals surface area contributed by atoms with Crippen molar-refractivity contribution in [1.29, 1.82) is 0 Å². The van der Waals surface area contributed by atoms with Gasteiger partial charge in [0.25, 0.3) is 10.0 Å². The normalized spacial score (nSPS) is 11.7. The number of halogens is 2. The quantitative estimate of drug-likeness (QED) is 0.799. The van der Waals surface area contributed by atoms with Crippen LogP contribution < -0.4 is 4.72 Å². The molecule has 0 amide bonds. The van der Waals surface area contributed by atoms with Crippen molar-refractivity contribution in [2.24, 2.45) is 0 Å². The topological polar surface area (TPSA) is 85.1 Å². The van der Waals surface area contributed by atoms with E-state index in [1.165, 1.54) is 24.3 Å². The maximum Gasteiger partial charge on any atom is 0.264 e. The Morgan fingerprint density at radius 3 is 2.76 bits per heavy atom. The fourth-order valence-electron chi connectivity index (χ4n) is 1.77. The molecule has 0 saturated heterocycles. The van der Waals surface area contributed by atoms with Gasteiger partial charge < -0.3 is 0 Å². The van der Waals surface area contributed by atoms with Gasteiger partial charge in [-0.3, -0.25) is 4.72 Å². The standard InChI is InChI=1S/C12H7ClFN3O3S/c13-8-6-7(4-5-9(8)14)17-21(18,19)11-3-1-2-10-12(11)16-20-15-10/h1-6,17H. The third-order valence-corrected chi connectivity index (χ3v) is 4.41. The van der Waals surface area contributed by atoms with Gasteiger partial charge in [-0.25, -0.2) is 17.4 Å². The highest BCUT2D eigenvalue weighted by Gasteiger charge is 2.20. The van der Waals surface area contributed by atoms with Crippen molar-refractivity contribution in [1.82, 2.24) is 10.3 Å². The van der Waals surface area contributed by atoms with Gasteiger partial charge in [0, 0.05) is 0 Å². The maximum atomic E-state index is 13.1. The summed E-state index contributed by atoms with van der Waals surface area (Å²) in [5, 5.41) is 6.96. The molecule has 21 heavy (non-hydrogen) atoms. The van der Waals surface area contributed by atoms with E-state index in [1.807, 2.05) is 0 Å². The minimum atomic E-state index is -3.93. The summed E-state index contributed by atoms with van der Waals surface area (Å²) in [6.45, 7) is 0. The monoisotopic (exact) mass is 327 g/mol. The van der Waals surface area contributed by atoms with E-state index in [0.29, 0.717) is 5.52 Å². The van der Waals surface area contributed by atoms with E-state index in [-0.39, 0.29) is 21.1 Å². The van der Waals surface area contributed by atoms with Crippen molar-refractivity contribution in [2.75, 3.05) is 4.72 Å². The van der Waals surface area contributed by atoms with Crippen LogP contribution in [0.4, 0.5) is 10.1 Å². The average Bonchev–Trinajstić information content (AvgIpc) is 2.90. The lowest BCUT2D eigenvalue weighted by atomic mass is 10.3. The van der Waals surface area contributed by atoms with E-state index >= 15 is 0 Å². The number of rotatable bonds is 3. The van der Waals surface area contributed by atoms with Crippen LogP contribution in [0.5, 0.6) is 0 Å². The van der Waals surface area contributed by atoms with E-state index < -0.39 is 15.8 Å². The van der Waals surface area contributed by atoms with Gasteiger partial charge in [0.15, 0.2) is 5.52 Å². The van der Waals surface area contributed by atoms with Crippen LogP contribution in [-0.4, -0.2) is 18.7 Å². The molecule has 0 unspecified atom stereocenters. The first-order chi connectivity index (χ1) is 9.97. The molecule has 0 aliphatic carbocycles.